The minimum atomic E-state index is -1.02. The van der Waals surface area contributed by atoms with Gasteiger partial charge in [0.25, 0.3) is 11.7 Å². The van der Waals surface area contributed by atoms with Crippen molar-refractivity contribution in [2.24, 2.45) is 0 Å². The van der Waals surface area contributed by atoms with Gasteiger partial charge < -0.3 is 19.7 Å². The van der Waals surface area contributed by atoms with Crippen LogP contribution in [0.25, 0.3) is 5.76 Å². The Morgan fingerprint density at radius 1 is 1.03 bits per heavy atom. The van der Waals surface area contributed by atoms with Gasteiger partial charge in [0.2, 0.25) is 0 Å². The van der Waals surface area contributed by atoms with E-state index < -0.39 is 17.7 Å². The van der Waals surface area contributed by atoms with Crippen molar-refractivity contribution < 1.29 is 29.3 Å². The average molecular weight is 494 g/mol. The number of Topliss-reactive ketones (excluding diaryl/α,β-unsaturated/α-hetero) is 1. The van der Waals surface area contributed by atoms with Crippen molar-refractivity contribution in [2.45, 2.75) is 26.0 Å². The molecule has 1 unspecified atom stereocenters. The number of hydrogen-bond donors (Lipinski definition) is 2. The number of ketones is 1. The highest BCUT2D eigenvalue weighted by Crippen LogP contribution is 2.44. The Balaban J connectivity index is 1.89. The van der Waals surface area contributed by atoms with Crippen LogP contribution in [-0.2, 0) is 9.59 Å². The van der Waals surface area contributed by atoms with Crippen LogP contribution < -0.4 is 14.4 Å². The molecule has 1 atom stereocenters. The van der Waals surface area contributed by atoms with Crippen LogP contribution in [0, 0.1) is 0 Å². The number of phenolic OH excluding ortho intramolecular Hbond substituents is 1. The first kappa shape index (κ1) is 24.2. The average Bonchev–Trinajstić information content (AvgIpc) is 3.09. The summed E-state index contributed by atoms with van der Waals surface area (Å²) in [5, 5.41) is 22.0. The highest BCUT2D eigenvalue weighted by molar-refractivity contribution is 6.51. The molecule has 1 aliphatic rings. The third-order valence-corrected chi connectivity index (χ3v) is 5.78. The molecule has 4 rings (SSSR count). The number of methoxy groups -OCH3 is 1. The molecular weight excluding hydrogens is 470 g/mol. The van der Waals surface area contributed by atoms with Gasteiger partial charge in [-0.3, -0.25) is 14.5 Å². The lowest BCUT2D eigenvalue weighted by Gasteiger charge is -2.26. The molecule has 35 heavy (non-hydrogen) atoms. The second-order valence-corrected chi connectivity index (χ2v) is 8.71. The van der Waals surface area contributed by atoms with Gasteiger partial charge in [0.1, 0.15) is 11.5 Å². The summed E-state index contributed by atoms with van der Waals surface area (Å²) in [5.74, 6) is -1.36. The first-order valence-electron chi connectivity index (χ1n) is 10.9. The molecule has 1 heterocycles. The van der Waals surface area contributed by atoms with Crippen molar-refractivity contribution in [1.82, 2.24) is 0 Å². The lowest BCUT2D eigenvalue weighted by atomic mass is 9.94. The Kier molecular flexibility index (Phi) is 6.71. The number of aromatic hydroxyl groups is 1. The second kappa shape index (κ2) is 9.72. The van der Waals surface area contributed by atoms with Gasteiger partial charge in [0.15, 0.2) is 11.5 Å². The minimum absolute atomic E-state index is 0.0276. The number of halogens is 1. The predicted octanol–water partition coefficient (Wildman–Crippen LogP) is 5.47. The number of nitrogens with zero attached hydrogens (tertiary/aromatic N) is 1. The summed E-state index contributed by atoms with van der Waals surface area (Å²) in [6.45, 7) is 3.80. The third kappa shape index (κ3) is 4.68. The van der Waals surface area contributed by atoms with Crippen LogP contribution in [0.3, 0.4) is 0 Å². The fraction of sp³-hybridized carbons (Fsp3) is 0.185. The van der Waals surface area contributed by atoms with Gasteiger partial charge in [0.05, 0.1) is 24.8 Å². The van der Waals surface area contributed by atoms with Crippen molar-refractivity contribution in [1.29, 1.82) is 0 Å². The highest BCUT2D eigenvalue weighted by atomic mass is 35.5. The summed E-state index contributed by atoms with van der Waals surface area (Å²) in [5.41, 5.74) is 1.01. The van der Waals surface area contributed by atoms with Gasteiger partial charge in [-0.2, -0.15) is 0 Å². The van der Waals surface area contributed by atoms with Gasteiger partial charge in [0, 0.05) is 16.3 Å². The standard InChI is InChI=1S/C27H24ClNO6/c1-15(2)35-20-10-7-16(8-11-20)25(31)23-24(17-9-12-22(34-3)21(30)13-17)29(27(33)26(23)32)19-6-4-5-18(28)14-19/h4-15,24,30-31H,1-3H3/b25-23-. The van der Waals surface area contributed by atoms with Gasteiger partial charge >= 0.3 is 0 Å². The maximum absolute atomic E-state index is 13.2. The Morgan fingerprint density at radius 2 is 1.74 bits per heavy atom. The van der Waals surface area contributed by atoms with Crippen molar-refractivity contribution in [3.63, 3.8) is 0 Å². The maximum Gasteiger partial charge on any atom is 0.300 e. The molecule has 3 aromatic carbocycles. The summed E-state index contributed by atoms with van der Waals surface area (Å²) in [7, 11) is 1.42. The number of phenols is 1. The predicted molar refractivity (Wildman–Crippen MR) is 133 cm³/mol. The van der Waals surface area contributed by atoms with Crippen molar-refractivity contribution in [3.05, 3.63) is 88.5 Å². The number of rotatable bonds is 6. The number of ether oxygens (including phenoxy) is 2. The number of aliphatic hydroxyl groups is 1. The first-order chi connectivity index (χ1) is 16.7. The molecule has 0 saturated carbocycles. The Labute approximate surface area is 207 Å². The zero-order valence-electron chi connectivity index (χ0n) is 19.4. The topological polar surface area (TPSA) is 96.3 Å². The molecule has 180 valence electrons. The third-order valence-electron chi connectivity index (χ3n) is 5.55. The van der Waals surface area contributed by atoms with E-state index in [4.69, 9.17) is 21.1 Å². The van der Waals surface area contributed by atoms with Crippen LogP contribution >= 0.6 is 11.6 Å². The lowest BCUT2D eigenvalue weighted by Crippen LogP contribution is -2.29. The Hall–Kier alpha value is -3.97. The van der Waals surface area contributed by atoms with E-state index in [1.165, 1.54) is 24.1 Å². The molecule has 0 aliphatic carbocycles. The zero-order valence-corrected chi connectivity index (χ0v) is 20.1. The summed E-state index contributed by atoms with van der Waals surface area (Å²) in [6.07, 6.45) is -0.0276. The summed E-state index contributed by atoms with van der Waals surface area (Å²) in [4.78, 5) is 27.7. The molecule has 1 amide bonds. The summed E-state index contributed by atoms with van der Waals surface area (Å²) in [6, 6.07) is 16.6. The van der Waals surface area contributed by atoms with Crippen LogP contribution in [0.1, 0.15) is 31.0 Å². The Morgan fingerprint density at radius 3 is 2.34 bits per heavy atom. The molecule has 0 aromatic heterocycles. The van der Waals surface area contributed by atoms with E-state index >= 15 is 0 Å². The monoisotopic (exact) mass is 493 g/mol. The molecule has 1 aliphatic heterocycles. The van der Waals surface area contributed by atoms with Crippen LogP contribution in [0.2, 0.25) is 5.02 Å². The van der Waals surface area contributed by atoms with Crippen molar-refractivity contribution in [3.8, 4) is 17.2 Å². The van der Waals surface area contributed by atoms with E-state index in [1.54, 1.807) is 54.6 Å². The van der Waals surface area contributed by atoms with Gasteiger partial charge in [-0.15, -0.1) is 0 Å². The van der Waals surface area contributed by atoms with E-state index in [9.17, 15) is 19.8 Å². The number of carbonyl (C=O) groups excluding carboxylic acids is 2. The maximum atomic E-state index is 13.2. The highest BCUT2D eigenvalue weighted by Gasteiger charge is 2.47. The minimum Gasteiger partial charge on any atom is -0.507 e. The molecule has 3 aromatic rings. The van der Waals surface area contributed by atoms with E-state index in [2.05, 4.69) is 0 Å². The lowest BCUT2D eigenvalue weighted by molar-refractivity contribution is -0.132. The number of anilines is 1. The van der Waals surface area contributed by atoms with Crippen molar-refractivity contribution >= 4 is 34.7 Å². The smallest absolute Gasteiger partial charge is 0.300 e. The van der Waals surface area contributed by atoms with Gasteiger partial charge in [-0.05, 0) is 74.0 Å². The van der Waals surface area contributed by atoms with Gasteiger partial charge in [-0.25, -0.2) is 0 Å². The summed E-state index contributed by atoms with van der Waals surface area (Å²) < 4.78 is 10.8. The van der Waals surface area contributed by atoms with Crippen LogP contribution in [-0.4, -0.2) is 35.1 Å². The van der Waals surface area contributed by atoms with Crippen LogP contribution in [0.4, 0.5) is 5.69 Å². The number of aliphatic hydroxyl groups excluding tert-OH is 1. The van der Waals surface area contributed by atoms with E-state index in [0.29, 0.717) is 27.6 Å². The Bertz CT molecular complexity index is 1320. The van der Waals surface area contributed by atoms with E-state index in [0.717, 1.165) is 0 Å². The number of amides is 1. The second-order valence-electron chi connectivity index (χ2n) is 8.27. The van der Waals surface area contributed by atoms with E-state index in [-0.39, 0.29) is 28.9 Å². The molecule has 2 N–H and O–H groups in total. The molecular formula is C27H24ClNO6. The quantitative estimate of drug-likeness (QED) is 0.268. The van der Waals surface area contributed by atoms with Gasteiger partial charge in [-0.1, -0.05) is 23.7 Å². The first-order valence-corrected chi connectivity index (χ1v) is 11.3. The molecule has 0 spiro atoms. The van der Waals surface area contributed by atoms with Crippen LogP contribution in [0.15, 0.2) is 72.3 Å². The molecule has 8 heteroatoms. The molecule has 1 fully saturated rings. The number of hydrogen-bond acceptors (Lipinski definition) is 6. The van der Waals surface area contributed by atoms with E-state index in [1.807, 2.05) is 13.8 Å². The molecule has 7 nitrogen and oxygen atoms in total. The molecule has 0 radical (unpaired) electrons. The fourth-order valence-electron chi connectivity index (χ4n) is 4.04. The summed E-state index contributed by atoms with van der Waals surface area (Å²) >= 11 is 6.16. The molecule has 1 saturated heterocycles. The van der Waals surface area contributed by atoms with Crippen molar-refractivity contribution in [2.75, 3.05) is 12.0 Å². The molecule has 0 bridgehead atoms. The zero-order chi connectivity index (χ0) is 25.3. The SMILES string of the molecule is COc1ccc(C2/C(=C(/O)c3ccc(OC(C)C)cc3)C(=O)C(=O)N2c2cccc(Cl)c2)cc1O. The van der Waals surface area contributed by atoms with Crippen LogP contribution in [0.5, 0.6) is 17.2 Å². The fourth-order valence-corrected chi connectivity index (χ4v) is 4.22. The number of carbonyl (C=O) groups is 2. The number of benzene rings is 3. The normalized spacial score (nSPS) is 17.2. The largest absolute Gasteiger partial charge is 0.507 e.